The number of carbonyl (C=O) groups is 1. The van der Waals surface area contributed by atoms with E-state index in [2.05, 4.69) is 32.8 Å². The molecular weight excluding hydrogens is 292 g/mol. The summed E-state index contributed by atoms with van der Waals surface area (Å²) in [5.74, 6) is -0.216. The normalized spacial score (nSPS) is 10.1. The van der Waals surface area contributed by atoms with Crippen molar-refractivity contribution in [2.45, 2.75) is 6.42 Å². The van der Waals surface area contributed by atoms with Crippen LogP contribution in [0.3, 0.4) is 0 Å². The number of rotatable bonds is 3. The van der Waals surface area contributed by atoms with Gasteiger partial charge in [0.1, 0.15) is 0 Å². The minimum atomic E-state index is -0.216. The zero-order valence-corrected chi connectivity index (χ0v) is 11.6. The predicted octanol–water partition coefficient (Wildman–Crippen LogP) is 3.83. The summed E-state index contributed by atoms with van der Waals surface area (Å²) in [6.45, 7) is 0. The van der Waals surface area contributed by atoms with Gasteiger partial charge in [-0.1, -0.05) is 52.3 Å². The third-order valence-electron chi connectivity index (χ3n) is 2.71. The molecule has 0 radical (unpaired) electrons. The van der Waals surface area contributed by atoms with Crippen LogP contribution in [0.4, 0.5) is 0 Å². The molecular formula is C15H13BrO2. The molecule has 2 rings (SSSR count). The molecule has 3 heteroatoms. The lowest BCUT2D eigenvalue weighted by atomic mass is 10.0. The molecule has 0 N–H and O–H groups in total. The third-order valence-corrected chi connectivity index (χ3v) is 3.24. The lowest BCUT2D eigenvalue weighted by molar-refractivity contribution is -0.139. The number of benzene rings is 2. The molecule has 0 unspecified atom stereocenters. The number of hydrogen-bond donors (Lipinski definition) is 0. The Morgan fingerprint density at radius 2 is 1.50 bits per heavy atom. The standard InChI is InChI=1S/C15H13BrO2/c1-18-15(17)10-11-2-4-12(5-3-11)13-6-8-14(16)9-7-13/h2-9H,10H2,1H3. The summed E-state index contributed by atoms with van der Waals surface area (Å²) in [6, 6.07) is 16.1. The van der Waals surface area contributed by atoms with Crippen LogP contribution in [0.1, 0.15) is 5.56 Å². The number of carbonyl (C=O) groups excluding carboxylic acids is 1. The Hall–Kier alpha value is -1.61. The third kappa shape index (κ3) is 3.20. The Labute approximate surface area is 115 Å². The van der Waals surface area contributed by atoms with E-state index in [1.165, 1.54) is 7.11 Å². The second-order valence-electron chi connectivity index (χ2n) is 3.96. The van der Waals surface area contributed by atoms with E-state index in [9.17, 15) is 4.79 Å². The molecule has 2 aromatic carbocycles. The summed E-state index contributed by atoms with van der Waals surface area (Å²) >= 11 is 3.41. The van der Waals surface area contributed by atoms with Gasteiger partial charge in [0.15, 0.2) is 0 Å². The van der Waals surface area contributed by atoms with Crippen LogP contribution in [-0.4, -0.2) is 13.1 Å². The first kappa shape index (κ1) is 12.8. The topological polar surface area (TPSA) is 26.3 Å². The van der Waals surface area contributed by atoms with Crippen LogP contribution in [0.15, 0.2) is 53.0 Å². The van der Waals surface area contributed by atoms with Crippen molar-refractivity contribution in [1.29, 1.82) is 0 Å². The van der Waals surface area contributed by atoms with Crippen molar-refractivity contribution >= 4 is 21.9 Å². The van der Waals surface area contributed by atoms with Gasteiger partial charge in [0.05, 0.1) is 13.5 Å². The molecule has 0 fully saturated rings. The van der Waals surface area contributed by atoms with Crippen LogP contribution < -0.4 is 0 Å². The van der Waals surface area contributed by atoms with Gasteiger partial charge in [-0.15, -0.1) is 0 Å². The van der Waals surface area contributed by atoms with E-state index in [0.29, 0.717) is 6.42 Å². The van der Waals surface area contributed by atoms with Crippen LogP contribution in [0.25, 0.3) is 11.1 Å². The molecule has 0 aromatic heterocycles. The van der Waals surface area contributed by atoms with Crippen LogP contribution in [-0.2, 0) is 16.0 Å². The first-order valence-electron chi connectivity index (χ1n) is 5.61. The predicted molar refractivity (Wildman–Crippen MR) is 75.3 cm³/mol. The monoisotopic (exact) mass is 304 g/mol. The highest BCUT2D eigenvalue weighted by Crippen LogP contribution is 2.22. The summed E-state index contributed by atoms with van der Waals surface area (Å²) in [6.07, 6.45) is 0.317. The molecule has 92 valence electrons. The molecule has 0 bridgehead atoms. The lowest BCUT2D eigenvalue weighted by Crippen LogP contribution is -2.03. The lowest BCUT2D eigenvalue weighted by Gasteiger charge is -2.04. The van der Waals surface area contributed by atoms with Crippen LogP contribution in [0.2, 0.25) is 0 Å². The van der Waals surface area contributed by atoms with Gasteiger partial charge in [-0.2, -0.15) is 0 Å². The molecule has 0 amide bonds. The molecule has 0 saturated carbocycles. The second-order valence-corrected chi connectivity index (χ2v) is 4.87. The van der Waals surface area contributed by atoms with E-state index < -0.39 is 0 Å². The molecule has 0 heterocycles. The van der Waals surface area contributed by atoms with E-state index in [0.717, 1.165) is 21.2 Å². The van der Waals surface area contributed by atoms with Gasteiger partial charge in [-0.05, 0) is 28.8 Å². The SMILES string of the molecule is COC(=O)Cc1ccc(-c2ccc(Br)cc2)cc1. The Kier molecular flexibility index (Phi) is 4.15. The molecule has 0 aliphatic rings. The van der Waals surface area contributed by atoms with E-state index >= 15 is 0 Å². The second kappa shape index (κ2) is 5.83. The van der Waals surface area contributed by atoms with Crippen LogP contribution in [0.5, 0.6) is 0 Å². The van der Waals surface area contributed by atoms with Gasteiger partial charge >= 0.3 is 5.97 Å². The Bertz CT molecular complexity index is 529. The summed E-state index contributed by atoms with van der Waals surface area (Å²) in [7, 11) is 1.40. The zero-order chi connectivity index (χ0) is 13.0. The van der Waals surface area contributed by atoms with Gasteiger partial charge in [-0.25, -0.2) is 0 Å². The molecule has 0 saturated heterocycles. The van der Waals surface area contributed by atoms with Gasteiger partial charge in [0.25, 0.3) is 0 Å². The molecule has 0 aliphatic heterocycles. The van der Waals surface area contributed by atoms with Gasteiger partial charge in [0.2, 0.25) is 0 Å². The molecule has 2 nitrogen and oxygen atoms in total. The van der Waals surface area contributed by atoms with E-state index in [1.54, 1.807) is 0 Å². The fraction of sp³-hybridized carbons (Fsp3) is 0.133. The molecule has 0 spiro atoms. The minimum absolute atomic E-state index is 0.216. The van der Waals surface area contributed by atoms with E-state index in [1.807, 2.05) is 36.4 Å². The largest absolute Gasteiger partial charge is 0.469 e. The Balaban J connectivity index is 2.17. The molecule has 0 atom stereocenters. The first-order chi connectivity index (χ1) is 8.69. The Morgan fingerprint density at radius 3 is 2.00 bits per heavy atom. The highest BCUT2D eigenvalue weighted by molar-refractivity contribution is 9.10. The summed E-state index contributed by atoms with van der Waals surface area (Å²) in [5.41, 5.74) is 3.25. The van der Waals surface area contributed by atoms with Crippen molar-refractivity contribution in [3.8, 4) is 11.1 Å². The van der Waals surface area contributed by atoms with Crippen molar-refractivity contribution in [3.63, 3.8) is 0 Å². The first-order valence-corrected chi connectivity index (χ1v) is 6.40. The maximum absolute atomic E-state index is 11.1. The number of esters is 1. The van der Waals surface area contributed by atoms with Gasteiger partial charge in [0, 0.05) is 4.47 Å². The molecule has 2 aromatic rings. The van der Waals surface area contributed by atoms with Crippen molar-refractivity contribution < 1.29 is 9.53 Å². The average molecular weight is 305 g/mol. The van der Waals surface area contributed by atoms with Crippen LogP contribution in [0, 0.1) is 0 Å². The van der Waals surface area contributed by atoms with E-state index in [-0.39, 0.29) is 5.97 Å². The smallest absolute Gasteiger partial charge is 0.309 e. The summed E-state index contributed by atoms with van der Waals surface area (Å²) in [5, 5.41) is 0. The Morgan fingerprint density at radius 1 is 1.00 bits per heavy atom. The highest BCUT2D eigenvalue weighted by Gasteiger charge is 2.03. The van der Waals surface area contributed by atoms with Gasteiger partial charge in [-0.3, -0.25) is 4.79 Å². The number of halogens is 1. The van der Waals surface area contributed by atoms with Crippen LogP contribution >= 0.6 is 15.9 Å². The fourth-order valence-corrected chi connectivity index (χ4v) is 1.96. The number of hydrogen-bond acceptors (Lipinski definition) is 2. The minimum Gasteiger partial charge on any atom is -0.469 e. The fourth-order valence-electron chi connectivity index (χ4n) is 1.70. The highest BCUT2D eigenvalue weighted by atomic mass is 79.9. The van der Waals surface area contributed by atoms with Crippen molar-refractivity contribution in [2.75, 3.05) is 7.11 Å². The maximum atomic E-state index is 11.1. The summed E-state index contributed by atoms with van der Waals surface area (Å²) in [4.78, 5) is 11.1. The number of ether oxygens (including phenoxy) is 1. The maximum Gasteiger partial charge on any atom is 0.309 e. The zero-order valence-electron chi connectivity index (χ0n) is 10.0. The van der Waals surface area contributed by atoms with Crippen molar-refractivity contribution in [2.24, 2.45) is 0 Å². The summed E-state index contributed by atoms with van der Waals surface area (Å²) < 4.78 is 5.70. The molecule has 0 aliphatic carbocycles. The van der Waals surface area contributed by atoms with Crippen molar-refractivity contribution in [3.05, 3.63) is 58.6 Å². The van der Waals surface area contributed by atoms with Crippen molar-refractivity contribution in [1.82, 2.24) is 0 Å². The van der Waals surface area contributed by atoms with Gasteiger partial charge < -0.3 is 4.74 Å². The molecule has 18 heavy (non-hydrogen) atoms. The average Bonchev–Trinajstić information content (AvgIpc) is 2.40. The van der Waals surface area contributed by atoms with E-state index in [4.69, 9.17) is 0 Å². The number of methoxy groups -OCH3 is 1. The quantitative estimate of drug-likeness (QED) is 0.806.